The fourth-order valence-corrected chi connectivity index (χ4v) is 2.80. The molecule has 2 aromatic carbocycles. The van der Waals surface area contributed by atoms with Gasteiger partial charge in [-0.05, 0) is 29.7 Å². The van der Waals surface area contributed by atoms with Crippen molar-refractivity contribution >= 4 is 25.3 Å². The third kappa shape index (κ3) is 2.70. The van der Waals surface area contributed by atoms with Crippen LogP contribution in [0, 0.1) is 0 Å². The lowest BCUT2D eigenvalue weighted by molar-refractivity contribution is 0.748. The maximum Gasteiger partial charge on any atom is 0.0109 e. The van der Waals surface area contributed by atoms with Crippen LogP contribution < -0.4 is 0 Å². The average molecular weight is 260 g/mol. The highest BCUT2D eigenvalue weighted by atomic mass is 32.1. The van der Waals surface area contributed by atoms with E-state index >= 15 is 0 Å². The first-order valence-corrected chi connectivity index (χ1v) is 6.69. The number of thiol groups is 2. The molecule has 0 aliphatic rings. The van der Waals surface area contributed by atoms with Crippen molar-refractivity contribution in [3.8, 4) is 0 Å². The molecule has 0 unspecified atom stereocenters. The van der Waals surface area contributed by atoms with Gasteiger partial charge in [-0.1, -0.05) is 43.3 Å². The summed E-state index contributed by atoms with van der Waals surface area (Å²) in [6.45, 7) is 2.20. The minimum Gasteiger partial charge on any atom is -0.143 e. The Kier molecular flexibility index (Phi) is 4.19. The van der Waals surface area contributed by atoms with Crippen molar-refractivity contribution < 1.29 is 0 Å². The lowest BCUT2D eigenvalue weighted by atomic mass is 9.89. The molecule has 0 saturated carbocycles. The van der Waals surface area contributed by atoms with Gasteiger partial charge in [-0.3, -0.25) is 0 Å². The van der Waals surface area contributed by atoms with Crippen molar-refractivity contribution in [1.82, 2.24) is 0 Å². The minimum atomic E-state index is 0.373. The summed E-state index contributed by atoms with van der Waals surface area (Å²) in [5.74, 6) is 0.373. The van der Waals surface area contributed by atoms with Gasteiger partial charge < -0.3 is 0 Å². The van der Waals surface area contributed by atoms with Crippen molar-refractivity contribution in [2.75, 3.05) is 0 Å². The predicted molar refractivity (Wildman–Crippen MR) is 79.5 cm³/mol. The third-order valence-electron chi connectivity index (χ3n) is 3.03. The maximum atomic E-state index is 4.55. The second-order valence-electron chi connectivity index (χ2n) is 4.08. The number of rotatable bonds is 3. The summed E-state index contributed by atoms with van der Waals surface area (Å²) < 4.78 is 0. The Labute approximate surface area is 114 Å². The molecule has 0 saturated heterocycles. The molecule has 0 N–H and O–H groups in total. The van der Waals surface area contributed by atoms with E-state index in [1.807, 2.05) is 24.3 Å². The Balaban J connectivity index is 2.48. The van der Waals surface area contributed by atoms with E-state index in [0.29, 0.717) is 5.92 Å². The molecule has 17 heavy (non-hydrogen) atoms. The molecule has 2 heteroatoms. The van der Waals surface area contributed by atoms with Crippen LogP contribution >= 0.6 is 25.3 Å². The predicted octanol–water partition coefficient (Wildman–Crippen LogP) is 4.81. The minimum absolute atomic E-state index is 0.373. The van der Waals surface area contributed by atoms with Crippen LogP contribution in [-0.4, -0.2) is 0 Å². The van der Waals surface area contributed by atoms with Crippen LogP contribution in [0.1, 0.15) is 30.4 Å². The number of hydrogen-bond donors (Lipinski definition) is 2. The fourth-order valence-electron chi connectivity index (χ4n) is 2.17. The molecule has 0 nitrogen and oxygen atoms in total. The normalized spacial score (nSPS) is 10.8. The lowest BCUT2D eigenvalue weighted by Crippen LogP contribution is -2.01. The molecule has 0 spiro atoms. The summed E-state index contributed by atoms with van der Waals surface area (Å²) in [6.07, 6.45) is 1.05. The van der Waals surface area contributed by atoms with Crippen molar-refractivity contribution in [3.63, 3.8) is 0 Å². The van der Waals surface area contributed by atoms with Crippen LogP contribution in [0.25, 0.3) is 0 Å². The van der Waals surface area contributed by atoms with Gasteiger partial charge in [0.2, 0.25) is 0 Å². The lowest BCUT2D eigenvalue weighted by Gasteiger charge is -2.19. The zero-order chi connectivity index (χ0) is 12.3. The summed E-state index contributed by atoms with van der Waals surface area (Å²) in [4.78, 5) is 2.10. The maximum absolute atomic E-state index is 4.55. The second kappa shape index (κ2) is 5.65. The van der Waals surface area contributed by atoms with Crippen LogP contribution in [0.4, 0.5) is 0 Å². The Morgan fingerprint density at radius 2 is 1.24 bits per heavy atom. The molecule has 0 aromatic heterocycles. The van der Waals surface area contributed by atoms with Crippen LogP contribution in [0.2, 0.25) is 0 Å². The molecular weight excluding hydrogens is 244 g/mol. The molecule has 0 atom stereocenters. The highest BCUT2D eigenvalue weighted by Gasteiger charge is 2.15. The van der Waals surface area contributed by atoms with Crippen LogP contribution in [0.5, 0.6) is 0 Å². The van der Waals surface area contributed by atoms with E-state index in [2.05, 4.69) is 56.4 Å². The average Bonchev–Trinajstić information content (AvgIpc) is 2.34. The molecule has 0 aliphatic carbocycles. The van der Waals surface area contributed by atoms with Crippen molar-refractivity contribution in [3.05, 3.63) is 59.7 Å². The van der Waals surface area contributed by atoms with Crippen molar-refractivity contribution in [2.24, 2.45) is 0 Å². The zero-order valence-electron chi connectivity index (χ0n) is 9.80. The first kappa shape index (κ1) is 12.6. The van der Waals surface area contributed by atoms with E-state index in [9.17, 15) is 0 Å². The van der Waals surface area contributed by atoms with Gasteiger partial charge >= 0.3 is 0 Å². The molecule has 0 bridgehead atoms. The van der Waals surface area contributed by atoms with Crippen molar-refractivity contribution in [2.45, 2.75) is 29.1 Å². The fraction of sp³-hybridized carbons (Fsp3) is 0.200. The summed E-state index contributed by atoms with van der Waals surface area (Å²) >= 11 is 9.10. The van der Waals surface area contributed by atoms with Gasteiger partial charge in [0.05, 0.1) is 0 Å². The van der Waals surface area contributed by atoms with E-state index in [1.165, 1.54) is 11.1 Å². The van der Waals surface area contributed by atoms with Gasteiger partial charge in [0.1, 0.15) is 0 Å². The molecule has 2 rings (SSSR count). The SMILES string of the molecule is CCC(c1ccccc1S)c1ccccc1S. The van der Waals surface area contributed by atoms with Gasteiger partial charge in [-0.2, -0.15) is 0 Å². The monoisotopic (exact) mass is 260 g/mol. The first-order chi connectivity index (χ1) is 8.24. The zero-order valence-corrected chi connectivity index (χ0v) is 11.6. The second-order valence-corrected chi connectivity index (χ2v) is 5.04. The van der Waals surface area contributed by atoms with Crippen LogP contribution in [-0.2, 0) is 0 Å². The molecular formula is C15H16S2. The molecule has 88 valence electrons. The van der Waals surface area contributed by atoms with Gasteiger partial charge in [0.15, 0.2) is 0 Å². The number of benzene rings is 2. The highest BCUT2D eigenvalue weighted by molar-refractivity contribution is 7.80. The van der Waals surface area contributed by atoms with Crippen LogP contribution in [0.3, 0.4) is 0 Å². The Morgan fingerprint density at radius 3 is 1.59 bits per heavy atom. The van der Waals surface area contributed by atoms with Gasteiger partial charge in [-0.15, -0.1) is 25.3 Å². The quantitative estimate of drug-likeness (QED) is 0.727. The third-order valence-corrected chi connectivity index (χ3v) is 3.85. The Hall–Kier alpha value is -0.860. The summed E-state index contributed by atoms with van der Waals surface area (Å²) in [5.41, 5.74) is 2.56. The van der Waals surface area contributed by atoms with E-state index in [0.717, 1.165) is 16.2 Å². The molecule has 0 heterocycles. The van der Waals surface area contributed by atoms with Gasteiger partial charge in [0.25, 0.3) is 0 Å². The van der Waals surface area contributed by atoms with E-state index in [-0.39, 0.29) is 0 Å². The molecule has 2 aromatic rings. The van der Waals surface area contributed by atoms with Gasteiger partial charge in [0, 0.05) is 15.7 Å². The first-order valence-electron chi connectivity index (χ1n) is 5.79. The largest absolute Gasteiger partial charge is 0.143 e. The standard InChI is InChI=1S/C15H16S2/c1-2-11(12-7-3-5-9-14(12)16)13-8-4-6-10-15(13)17/h3-11,16-17H,2H2,1H3. The van der Waals surface area contributed by atoms with Crippen molar-refractivity contribution in [1.29, 1.82) is 0 Å². The van der Waals surface area contributed by atoms with Gasteiger partial charge in [-0.25, -0.2) is 0 Å². The Morgan fingerprint density at radius 1 is 0.824 bits per heavy atom. The number of hydrogen-bond acceptors (Lipinski definition) is 2. The molecule has 0 amide bonds. The topological polar surface area (TPSA) is 0 Å². The van der Waals surface area contributed by atoms with Crippen LogP contribution in [0.15, 0.2) is 58.3 Å². The van der Waals surface area contributed by atoms with E-state index in [4.69, 9.17) is 0 Å². The van der Waals surface area contributed by atoms with E-state index in [1.54, 1.807) is 0 Å². The summed E-state index contributed by atoms with van der Waals surface area (Å²) in [6, 6.07) is 16.6. The molecule has 0 aliphatic heterocycles. The summed E-state index contributed by atoms with van der Waals surface area (Å²) in [5, 5.41) is 0. The Bertz CT molecular complexity index is 460. The smallest absolute Gasteiger partial charge is 0.0109 e. The molecule has 0 fully saturated rings. The summed E-state index contributed by atoms with van der Waals surface area (Å²) in [7, 11) is 0. The molecule has 0 radical (unpaired) electrons. The highest BCUT2D eigenvalue weighted by Crippen LogP contribution is 2.34. The van der Waals surface area contributed by atoms with E-state index < -0.39 is 0 Å².